The summed E-state index contributed by atoms with van der Waals surface area (Å²) in [6.45, 7) is 6.21. The second kappa shape index (κ2) is 4.88. The third kappa shape index (κ3) is 4.55. The molecule has 5 heteroatoms. The van der Waals surface area contributed by atoms with E-state index in [0.717, 1.165) is 17.3 Å². The van der Waals surface area contributed by atoms with Crippen LogP contribution in [0.25, 0.3) is 0 Å². The third-order valence-electron chi connectivity index (χ3n) is 2.25. The molecule has 0 aromatic rings. The van der Waals surface area contributed by atoms with E-state index < -0.39 is 0 Å². The predicted octanol–water partition coefficient (Wildman–Crippen LogP) is 1.11. The SMILES string of the molecule is CC(CC(N)=O)N=C1NC(C)(C)CCS1. The van der Waals surface area contributed by atoms with Gasteiger partial charge in [-0.15, -0.1) is 0 Å². The van der Waals surface area contributed by atoms with Gasteiger partial charge in [-0.25, -0.2) is 0 Å². The quantitative estimate of drug-likeness (QED) is 0.762. The highest BCUT2D eigenvalue weighted by atomic mass is 32.2. The number of hydrogen-bond donors (Lipinski definition) is 2. The van der Waals surface area contributed by atoms with Crippen LogP contribution < -0.4 is 11.1 Å². The van der Waals surface area contributed by atoms with Gasteiger partial charge in [0.1, 0.15) is 0 Å². The van der Waals surface area contributed by atoms with Gasteiger partial charge in [-0.2, -0.15) is 0 Å². The van der Waals surface area contributed by atoms with Crippen molar-refractivity contribution in [2.45, 2.75) is 45.2 Å². The molecule has 0 spiro atoms. The smallest absolute Gasteiger partial charge is 0.219 e. The number of rotatable bonds is 3. The number of aliphatic imine (C=N–C) groups is 1. The molecule has 0 saturated carbocycles. The highest BCUT2D eigenvalue weighted by Gasteiger charge is 2.24. The van der Waals surface area contributed by atoms with Crippen molar-refractivity contribution in [3.05, 3.63) is 0 Å². The average molecular weight is 229 g/mol. The topological polar surface area (TPSA) is 67.5 Å². The molecule has 1 aliphatic rings. The number of carbonyl (C=O) groups is 1. The number of primary amides is 1. The molecule has 0 aliphatic carbocycles. The first-order valence-electron chi connectivity index (χ1n) is 5.16. The normalized spacial score (nSPS) is 24.6. The highest BCUT2D eigenvalue weighted by Crippen LogP contribution is 2.22. The van der Waals surface area contributed by atoms with Gasteiger partial charge >= 0.3 is 0 Å². The van der Waals surface area contributed by atoms with Crippen LogP contribution in [0.15, 0.2) is 4.99 Å². The Hall–Kier alpha value is -0.710. The lowest BCUT2D eigenvalue weighted by molar-refractivity contribution is -0.118. The summed E-state index contributed by atoms with van der Waals surface area (Å²) in [7, 11) is 0. The van der Waals surface area contributed by atoms with E-state index in [2.05, 4.69) is 24.2 Å². The van der Waals surface area contributed by atoms with Crippen molar-refractivity contribution >= 4 is 22.8 Å². The Morgan fingerprint density at radius 1 is 1.73 bits per heavy atom. The van der Waals surface area contributed by atoms with Crippen LogP contribution in [0.4, 0.5) is 0 Å². The second-order valence-electron chi connectivity index (χ2n) is 4.56. The maximum Gasteiger partial charge on any atom is 0.219 e. The predicted molar refractivity (Wildman–Crippen MR) is 65.0 cm³/mol. The minimum absolute atomic E-state index is 0.0357. The molecule has 1 fully saturated rings. The van der Waals surface area contributed by atoms with Crippen molar-refractivity contribution in [1.82, 2.24) is 5.32 Å². The summed E-state index contributed by atoms with van der Waals surface area (Å²) >= 11 is 1.71. The maximum absolute atomic E-state index is 10.7. The van der Waals surface area contributed by atoms with E-state index in [1.165, 1.54) is 0 Å². The van der Waals surface area contributed by atoms with Crippen molar-refractivity contribution in [2.24, 2.45) is 10.7 Å². The van der Waals surface area contributed by atoms with Crippen molar-refractivity contribution in [3.63, 3.8) is 0 Å². The van der Waals surface area contributed by atoms with Crippen LogP contribution in [-0.4, -0.2) is 28.4 Å². The Labute approximate surface area is 95.1 Å². The number of nitrogens with two attached hydrogens (primary N) is 1. The number of carbonyl (C=O) groups excluding carboxylic acids is 1. The van der Waals surface area contributed by atoms with Crippen LogP contribution in [0, 0.1) is 0 Å². The number of amides is 1. The molecule has 1 unspecified atom stereocenters. The van der Waals surface area contributed by atoms with Gasteiger partial charge in [0.15, 0.2) is 5.17 Å². The van der Waals surface area contributed by atoms with Gasteiger partial charge < -0.3 is 11.1 Å². The molecular weight excluding hydrogens is 210 g/mol. The van der Waals surface area contributed by atoms with Crippen molar-refractivity contribution in [2.75, 3.05) is 5.75 Å². The van der Waals surface area contributed by atoms with E-state index in [1.807, 2.05) is 6.92 Å². The number of nitrogens with one attached hydrogen (secondary N) is 1. The van der Waals surface area contributed by atoms with E-state index >= 15 is 0 Å². The van der Waals surface area contributed by atoms with Crippen molar-refractivity contribution in [1.29, 1.82) is 0 Å². The zero-order chi connectivity index (χ0) is 11.5. The van der Waals surface area contributed by atoms with Gasteiger partial charge in [-0.1, -0.05) is 11.8 Å². The van der Waals surface area contributed by atoms with Crippen LogP contribution in [0.3, 0.4) is 0 Å². The molecular formula is C10H19N3OS. The first kappa shape index (κ1) is 12.4. The molecule has 0 aromatic carbocycles. The van der Waals surface area contributed by atoms with Gasteiger partial charge in [0.05, 0.1) is 6.04 Å². The summed E-state index contributed by atoms with van der Waals surface area (Å²) in [6, 6.07) is -0.0357. The molecule has 1 atom stereocenters. The number of amidine groups is 1. The Morgan fingerprint density at radius 2 is 2.40 bits per heavy atom. The minimum atomic E-state index is -0.299. The Balaban J connectivity index is 2.55. The van der Waals surface area contributed by atoms with E-state index in [0.29, 0.717) is 6.42 Å². The minimum Gasteiger partial charge on any atom is -0.370 e. The van der Waals surface area contributed by atoms with Gasteiger partial charge in [-0.05, 0) is 27.2 Å². The zero-order valence-corrected chi connectivity index (χ0v) is 10.4. The van der Waals surface area contributed by atoms with Gasteiger partial charge in [0.25, 0.3) is 0 Å². The van der Waals surface area contributed by atoms with Crippen molar-refractivity contribution in [3.8, 4) is 0 Å². The molecule has 1 aliphatic heterocycles. The standard InChI is InChI=1S/C10H19N3OS/c1-7(6-8(11)14)12-9-13-10(2,3)4-5-15-9/h7H,4-6H2,1-3H3,(H2,11,14)(H,12,13). The van der Waals surface area contributed by atoms with Crippen LogP contribution >= 0.6 is 11.8 Å². The Kier molecular flexibility index (Phi) is 4.02. The summed E-state index contributed by atoms with van der Waals surface area (Å²) in [6.07, 6.45) is 1.44. The van der Waals surface area contributed by atoms with E-state index in [1.54, 1.807) is 11.8 Å². The molecule has 0 bridgehead atoms. The third-order valence-corrected chi connectivity index (χ3v) is 3.13. The molecule has 0 radical (unpaired) electrons. The molecule has 0 aromatic heterocycles. The first-order valence-corrected chi connectivity index (χ1v) is 6.15. The van der Waals surface area contributed by atoms with E-state index in [9.17, 15) is 4.79 Å². The fraction of sp³-hybridized carbons (Fsp3) is 0.800. The first-order chi connectivity index (χ1) is 6.89. The fourth-order valence-electron chi connectivity index (χ4n) is 1.40. The van der Waals surface area contributed by atoms with Gasteiger partial charge in [0.2, 0.25) is 5.91 Å². The summed E-state index contributed by atoms with van der Waals surface area (Å²) in [5, 5.41) is 4.29. The molecule has 1 rings (SSSR count). The van der Waals surface area contributed by atoms with Crippen LogP contribution in [0.5, 0.6) is 0 Å². The monoisotopic (exact) mass is 229 g/mol. The molecule has 1 amide bonds. The summed E-state index contributed by atoms with van der Waals surface area (Å²) < 4.78 is 0. The molecule has 4 nitrogen and oxygen atoms in total. The molecule has 86 valence electrons. The van der Waals surface area contributed by atoms with Crippen LogP contribution in [-0.2, 0) is 4.79 Å². The number of hydrogen-bond acceptors (Lipinski definition) is 3. The number of thioether (sulfide) groups is 1. The van der Waals surface area contributed by atoms with Crippen LogP contribution in [0.1, 0.15) is 33.6 Å². The molecule has 1 saturated heterocycles. The van der Waals surface area contributed by atoms with Crippen molar-refractivity contribution < 1.29 is 4.79 Å². The van der Waals surface area contributed by atoms with Gasteiger partial charge in [-0.3, -0.25) is 9.79 Å². The lowest BCUT2D eigenvalue weighted by Gasteiger charge is -2.32. The molecule has 1 heterocycles. The Bertz CT molecular complexity index is 276. The summed E-state index contributed by atoms with van der Waals surface area (Å²) in [5.41, 5.74) is 5.22. The lowest BCUT2D eigenvalue weighted by Crippen LogP contribution is -2.46. The van der Waals surface area contributed by atoms with Crippen LogP contribution in [0.2, 0.25) is 0 Å². The second-order valence-corrected chi connectivity index (χ2v) is 5.64. The molecule has 15 heavy (non-hydrogen) atoms. The average Bonchev–Trinajstić information content (AvgIpc) is 1.99. The summed E-state index contributed by atoms with van der Waals surface area (Å²) in [4.78, 5) is 15.1. The summed E-state index contributed by atoms with van der Waals surface area (Å²) in [5.74, 6) is 0.772. The molecule has 3 N–H and O–H groups in total. The van der Waals surface area contributed by atoms with E-state index in [4.69, 9.17) is 5.73 Å². The Morgan fingerprint density at radius 3 is 2.93 bits per heavy atom. The van der Waals surface area contributed by atoms with Gasteiger partial charge in [0, 0.05) is 17.7 Å². The van der Waals surface area contributed by atoms with E-state index in [-0.39, 0.29) is 17.5 Å². The zero-order valence-electron chi connectivity index (χ0n) is 9.54. The largest absolute Gasteiger partial charge is 0.370 e. The number of nitrogens with zero attached hydrogens (tertiary/aromatic N) is 1. The maximum atomic E-state index is 10.7. The fourth-order valence-corrected chi connectivity index (χ4v) is 2.81. The highest BCUT2D eigenvalue weighted by molar-refractivity contribution is 8.13. The lowest BCUT2D eigenvalue weighted by atomic mass is 10.0.